The highest BCUT2D eigenvalue weighted by atomic mass is 16.5. The van der Waals surface area contributed by atoms with Gasteiger partial charge in [0.1, 0.15) is 0 Å². The number of carbonyl (C=O) groups is 1. The number of piperidine rings is 1. The summed E-state index contributed by atoms with van der Waals surface area (Å²) in [5.41, 5.74) is 0. The molecule has 1 aromatic rings. The maximum absolute atomic E-state index is 13.0. The van der Waals surface area contributed by atoms with Crippen LogP contribution in [0.4, 0.5) is 0 Å². The van der Waals surface area contributed by atoms with Gasteiger partial charge in [0.05, 0.1) is 12.6 Å². The van der Waals surface area contributed by atoms with Crippen molar-refractivity contribution in [2.75, 3.05) is 32.8 Å². The minimum atomic E-state index is 0.0344. The highest BCUT2D eigenvalue weighted by molar-refractivity contribution is 5.79. The number of rotatable bonds is 4. The van der Waals surface area contributed by atoms with E-state index in [0.717, 1.165) is 45.5 Å². The third-order valence-corrected chi connectivity index (χ3v) is 5.22. The molecule has 0 aliphatic carbocycles. The van der Waals surface area contributed by atoms with Crippen LogP contribution in [0.2, 0.25) is 0 Å². The summed E-state index contributed by atoms with van der Waals surface area (Å²) in [6, 6.07) is 2.49. The molecule has 134 valence electrons. The second-order valence-electron chi connectivity index (χ2n) is 7.26. The quantitative estimate of drug-likeness (QED) is 0.840. The molecule has 0 bridgehead atoms. The second kappa shape index (κ2) is 8.12. The van der Waals surface area contributed by atoms with Crippen molar-refractivity contribution in [1.29, 1.82) is 0 Å². The Morgan fingerprint density at radius 1 is 1.29 bits per heavy atom. The molecule has 2 aliphatic heterocycles. The van der Waals surface area contributed by atoms with Gasteiger partial charge < -0.3 is 14.5 Å². The van der Waals surface area contributed by atoms with Crippen LogP contribution in [0.1, 0.15) is 33.1 Å². The largest absolute Gasteiger partial charge is 0.374 e. The van der Waals surface area contributed by atoms with E-state index in [-0.39, 0.29) is 12.0 Å². The van der Waals surface area contributed by atoms with E-state index in [9.17, 15) is 4.79 Å². The van der Waals surface area contributed by atoms with E-state index >= 15 is 0 Å². The van der Waals surface area contributed by atoms with Gasteiger partial charge in [-0.05, 0) is 52.3 Å². The maximum Gasteiger partial charge on any atom is 0.225 e. The van der Waals surface area contributed by atoms with Crippen molar-refractivity contribution < 1.29 is 9.53 Å². The normalized spacial score (nSPS) is 24.3. The fourth-order valence-corrected chi connectivity index (χ4v) is 3.74. The molecule has 2 fully saturated rings. The molecule has 24 heavy (non-hydrogen) atoms. The lowest BCUT2D eigenvalue weighted by molar-refractivity contribution is -0.138. The third-order valence-electron chi connectivity index (χ3n) is 5.22. The maximum atomic E-state index is 13.0. The van der Waals surface area contributed by atoms with E-state index in [1.54, 1.807) is 6.20 Å². The molecule has 1 amide bonds. The fraction of sp³-hybridized carbons (Fsp3) is 0.778. The highest BCUT2D eigenvalue weighted by Crippen LogP contribution is 2.22. The monoisotopic (exact) mass is 334 g/mol. The predicted molar refractivity (Wildman–Crippen MR) is 92.6 cm³/mol. The molecule has 0 spiro atoms. The number of aromatic nitrogens is 2. The lowest BCUT2D eigenvalue weighted by Crippen LogP contribution is -2.46. The number of amides is 1. The Balaban J connectivity index is 1.55. The van der Waals surface area contributed by atoms with Crippen LogP contribution < -0.4 is 0 Å². The minimum absolute atomic E-state index is 0.0344. The Bertz CT molecular complexity index is 509. The summed E-state index contributed by atoms with van der Waals surface area (Å²) in [7, 11) is 0. The van der Waals surface area contributed by atoms with Crippen molar-refractivity contribution in [3.8, 4) is 0 Å². The first kappa shape index (κ1) is 17.4. The van der Waals surface area contributed by atoms with Crippen molar-refractivity contribution >= 4 is 5.91 Å². The number of likely N-dealkylation sites (tertiary alicyclic amines) is 1. The van der Waals surface area contributed by atoms with Gasteiger partial charge in [0.15, 0.2) is 0 Å². The van der Waals surface area contributed by atoms with Crippen LogP contribution in [0.3, 0.4) is 0 Å². The van der Waals surface area contributed by atoms with E-state index < -0.39 is 0 Å². The van der Waals surface area contributed by atoms with E-state index in [2.05, 4.69) is 23.8 Å². The van der Waals surface area contributed by atoms with Crippen LogP contribution in [0.15, 0.2) is 18.5 Å². The molecule has 1 atom stereocenters. The molecule has 3 heterocycles. The van der Waals surface area contributed by atoms with E-state index in [1.807, 2.05) is 21.8 Å². The van der Waals surface area contributed by atoms with Gasteiger partial charge in [-0.2, -0.15) is 5.10 Å². The zero-order valence-corrected chi connectivity index (χ0v) is 14.9. The molecule has 6 heteroatoms. The van der Waals surface area contributed by atoms with Crippen LogP contribution in [-0.4, -0.2) is 70.4 Å². The summed E-state index contributed by atoms with van der Waals surface area (Å²) in [6.07, 6.45) is 6.65. The van der Waals surface area contributed by atoms with Crippen LogP contribution in [0.25, 0.3) is 0 Å². The van der Waals surface area contributed by atoms with Gasteiger partial charge in [-0.1, -0.05) is 0 Å². The molecule has 2 aliphatic rings. The Kier molecular flexibility index (Phi) is 5.89. The zero-order chi connectivity index (χ0) is 16.9. The molecular formula is C18H30N4O2. The summed E-state index contributed by atoms with van der Waals surface area (Å²) in [4.78, 5) is 17.5. The highest BCUT2D eigenvalue weighted by Gasteiger charge is 2.31. The van der Waals surface area contributed by atoms with Gasteiger partial charge >= 0.3 is 0 Å². The topological polar surface area (TPSA) is 50.6 Å². The van der Waals surface area contributed by atoms with Gasteiger partial charge in [-0.3, -0.25) is 9.48 Å². The van der Waals surface area contributed by atoms with E-state index in [1.165, 1.54) is 0 Å². The van der Waals surface area contributed by atoms with Crippen LogP contribution in [-0.2, 0) is 16.1 Å². The molecule has 3 rings (SSSR count). The molecule has 0 aromatic carbocycles. The third kappa shape index (κ3) is 4.36. The van der Waals surface area contributed by atoms with Gasteiger partial charge in [-0.25, -0.2) is 0 Å². The number of hydrogen-bond donors (Lipinski definition) is 0. The molecule has 0 radical (unpaired) electrons. The van der Waals surface area contributed by atoms with Crippen molar-refractivity contribution in [1.82, 2.24) is 19.6 Å². The smallest absolute Gasteiger partial charge is 0.225 e. The Morgan fingerprint density at radius 3 is 2.75 bits per heavy atom. The van der Waals surface area contributed by atoms with Crippen LogP contribution in [0, 0.1) is 5.92 Å². The average Bonchev–Trinajstić information content (AvgIpc) is 2.98. The molecule has 6 nitrogen and oxygen atoms in total. The zero-order valence-electron chi connectivity index (χ0n) is 14.9. The molecule has 0 saturated carbocycles. The molecular weight excluding hydrogens is 304 g/mol. The van der Waals surface area contributed by atoms with Crippen molar-refractivity contribution in [3.05, 3.63) is 18.5 Å². The first-order chi connectivity index (χ1) is 11.6. The standard InChI is InChI=1S/C18H30N4O2/c1-15(2)20-10-5-16(6-11-20)18(23)21-8-4-12-24-17(13-21)14-22-9-3-7-19-22/h3,7,9,15-17H,4-6,8,10-14H2,1-2H3. The van der Waals surface area contributed by atoms with Crippen molar-refractivity contribution in [2.24, 2.45) is 5.92 Å². The van der Waals surface area contributed by atoms with E-state index in [0.29, 0.717) is 25.0 Å². The number of carbonyl (C=O) groups excluding carboxylic acids is 1. The van der Waals surface area contributed by atoms with Gasteiger partial charge in [0.2, 0.25) is 5.91 Å². The molecule has 1 unspecified atom stereocenters. The van der Waals surface area contributed by atoms with Crippen LogP contribution in [0.5, 0.6) is 0 Å². The summed E-state index contributed by atoms with van der Waals surface area (Å²) in [5.74, 6) is 0.512. The lowest BCUT2D eigenvalue weighted by Gasteiger charge is -2.36. The number of ether oxygens (including phenoxy) is 1. The van der Waals surface area contributed by atoms with Gasteiger partial charge in [0.25, 0.3) is 0 Å². The average molecular weight is 334 g/mol. The van der Waals surface area contributed by atoms with Crippen molar-refractivity contribution in [2.45, 2.75) is 51.8 Å². The fourth-order valence-electron chi connectivity index (χ4n) is 3.74. The molecule has 1 aromatic heterocycles. The molecule has 0 N–H and O–H groups in total. The lowest BCUT2D eigenvalue weighted by atomic mass is 9.94. The van der Waals surface area contributed by atoms with Gasteiger partial charge in [0, 0.05) is 44.0 Å². The summed E-state index contributed by atoms with van der Waals surface area (Å²) < 4.78 is 7.82. The van der Waals surface area contributed by atoms with Gasteiger partial charge in [-0.15, -0.1) is 0 Å². The minimum Gasteiger partial charge on any atom is -0.374 e. The van der Waals surface area contributed by atoms with Crippen molar-refractivity contribution in [3.63, 3.8) is 0 Å². The SMILES string of the molecule is CC(C)N1CCC(C(=O)N2CCCOC(Cn3cccn3)C2)CC1. The summed E-state index contributed by atoms with van der Waals surface area (Å²) >= 11 is 0. The first-order valence-electron chi connectivity index (χ1n) is 9.25. The number of nitrogens with zero attached hydrogens (tertiary/aromatic N) is 4. The summed E-state index contributed by atoms with van der Waals surface area (Å²) in [6.45, 7) is 9.47. The van der Waals surface area contributed by atoms with Crippen LogP contribution >= 0.6 is 0 Å². The Labute approximate surface area is 144 Å². The Morgan fingerprint density at radius 2 is 2.08 bits per heavy atom. The summed E-state index contributed by atoms with van der Waals surface area (Å²) in [5, 5.41) is 4.25. The Hall–Kier alpha value is -1.40. The predicted octanol–water partition coefficient (Wildman–Crippen LogP) is 1.62. The van der Waals surface area contributed by atoms with E-state index in [4.69, 9.17) is 4.74 Å². The number of hydrogen-bond acceptors (Lipinski definition) is 4. The first-order valence-corrected chi connectivity index (χ1v) is 9.25. The second-order valence-corrected chi connectivity index (χ2v) is 7.26. The molecule has 2 saturated heterocycles.